The maximum Gasteiger partial charge on any atom is 0.330 e. The molecule has 0 radical (unpaired) electrons. The predicted octanol–water partition coefficient (Wildman–Crippen LogP) is 4.97. The van der Waals surface area contributed by atoms with Crippen LogP contribution in [0.2, 0.25) is 0 Å². The molecular formula is C24H32O5. The molecule has 2 rings (SSSR count). The van der Waals surface area contributed by atoms with E-state index in [0.29, 0.717) is 32.2 Å². The van der Waals surface area contributed by atoms with Crippen LogP contribution in [-0.4, -0.2) is 31.8 Å². The molecule has 1 aliphatic carbocycles. The first-order valence-electron chi connectivity index (χ1n) is 10.4. The number of benzene rings is 1. The third-order valence-electron chi connectivity index (χ3n) is 5.33. The number of hydrogen-bond donors (Lipinski definition) is 0. The fourth-order valence-electron chi connectivity index (χ4n) is 3.71. The first-order valence-corrected chi connectivity index (χ1v) is 10.4. The van der Waals surface area contributed by atoms with E-state index in [1.165, 1.54) is 37.3 Å². The van der Waals surface area contributed by atoms with Crippen LogP contribution in [0.5, 0.6) is 5.75 Å². The van der Waals surface area contributed by atoms with E-state index in [0.717, 1.165) is 30.6 Å². The summed E-state index contributed by atoms with van der Waals surface area (Å²) < 4.78 is 15.7. The molecule has 0 aromatic heterocycles. The van der Waals surface area contributed by atoms with Crippen molar-refractivity contribution >= 4 is 11.9 Å². The van der Waals surface area contributed by atoms with Crippen molar-refractivity contribution in [1.82, 2.24) is 0 Å². The summed E-state index contributed by atoms with van der Waals surface area (Å²) in [5.41, 5.74) is 1.37. The van der Waals surface area contributed by atoms with Crippen molar-refractivity contribution in [2.24, 2.45) is 5.92 Å². The second-order valence-corrected chi connectivity index (χ2v) is 7.37. The molecule has 5 nitrogen and oxygen atoms in total. The van der Waals surface area contributed by atoms with Gasteiger partial charge in [-0.25, -0.2) is 9.59 Å². The van der Waals surface area contributed by atoms with Crippen molar-refractivity contribution < 1.29 is 23.8 Å². The van der Waals surface area contributed by atoms with Crippen LogP contribution in [0.1, 0.15) is 56.4 Å². The van der Waals surface area contributed by atoms with E-state index in [1.54, 1.807) is 0 Å². The number of ether oxygens (including phenoxy) is 3. The second-order valence-electron chi connectivity index (χ2n) is 7.37. The summed E-state index contributed by atoms with van der Waals surface area (Å²) in [5.74, 6) is 1.44. The Morgan fingerprint density at radius 2 is 1.45 bits per heavy atom. The molecule has 5 heteroatoms. The topological polar surface area (TPSA) is 61.8 Å². The summed E-state index contributed by atoms with van der Waals surface area (Å²) in [7, 11) is 0. The highest BCUT2D eigenvalue weighted by molar-refractivity contribution is 5.81. The van der Waals surface area contributed by atoms with Crippen LogP contribution in [0.25, 0.3) is 0 Å². The van der Waals surface area contributed by atoms with E-state index in [1.807, 2.05) is 12.1 Å². The smallest absolute Gasteiger partial charge is 0.330 e. The Bertz CT molecular complexity index is 656. The Hall–Kier alpha value is -2.56. The Labute approximate surface area is 173 Å². The normalized spacial score (nSPS) is 18.5. The molecule has 0 amide bonds. The third-order valence-corrected chi connectivity index (χ3v) is 5.33. The minimum absolute atomic E-state index is 0.336. The fourth-order valence-corrected chi connectivity index (χ4v) is 3.71. The highest BCUT2D eigenvalue weighted by Crippen LogP contribution is 2.37. The molecule has 0 aliphatic heterocycles. The van der Waals surface area contributed by atoms with Crippen LogP contribution >= 0.6 is 0 Å². The van der Waals surface area contributed by atoms with Gasteiger partial charge < -0.3 is 14.2 Å². The van der Waals surface area contributed by atoms with Gasteiger partial charge in [-0.2, -0.15) is 0 Å². The first kappa shape index (κ1) is 22.7. The van der Waals surface area contributed by atoms with Gasteiger partial charge >= 0.3 is 11.9 Å². The van der Waals surface area contributed by atoms with Crippen molar-refractivity contribution in [2.75, 3.05) is 19.8 Å². The van der Waals surface area contributed by atoms with Crippen molar-refractivity contribution in [3.8, 4) is 5.75 Å². The zero-order valence-electron chi connectivity index (χ0n) is 17.1. The van der Waals surface area contributed by atoms with E-state index in [4.69, 9.17) is 14.2 Å². The Kier molecular flexibility index (Phi) is 10.0. The van der Waals surface area contributed by atoms with E-state index >= 15 is 0 Å². The molecule has 0 saturated heterocycles. The van der Waals surface area contributed by atoms with Crippen LogP contribution in [0.3, 0.4) is 0 Å². The molecule has 29 heavy (non-hydrogen) atoms. The molecule has 1 aliphatic rings. The lowest BCUT2D eigenvalue weighted by molar-refractivity contribution is -0.138. The minimum Gasteiger partial charge on any atom is -0.493 e. The van der Waals surface area contributed by atoms with E-state index in [-0.39, 0.29) is 5.97 Å². The molecule has 0 bridgehead atoms. The molecule has 0 spiro atoms. The highest BCUT2D eigenvalue weighted by atomic mass is 16.5. The molecule has 1 saturated carbocycles. The third kappa shape index (κ3) is 8.55. The molecule has 0 N–H and O–H groups in total. The van der Waals surface area contributed by atoms with Gasteiger partial charge in [0.2, 0.25) is 0 Å². The Balaban J connectivity index is 1.62. The predicted molar refractivity (Wildman–Crippen MR) is 113 cm³/mol. The molecule has 0 unspecified atom stereocenters. The maximum atomic E-state index is 11.0. The summed E-state index contributed by atoms with van der Waals surface area (Å²) in [4.78, 5) is 22.0. The minimum atomic E-state index is -0.403. The van der Waals surface area contributed by atoms with Gasteiger partial charge in [-0.1, -0.05) is 25.3 Å². The first-order chi connectivity index (χ1) is 14.1. The standard InChI is InChI=1S/C24H32O5/c1-3-23(25)28-16-5-7-19-8-10-20(11-9-19)21-12-14-22(15-13-21)27-17-6-18-29-24(26)4-2/h3-4,12-15,19-20H,1-2,5-11,16-18H2. The Morgan fingerprint density at radius 1 is 0.862 bits per heavy atom. The van der Waals surface area contributed by atoms with Crippen LogP contribution in [0, 0.1) is 5.92 Å². The van der Waals surface area contributed by atoms with Crippen LogP contribution < -0.4 is 4.74 Å². The zero-order valence-corrected chi connectivity index (χ0v) is 17.1. The number of hydrogen-bond acceptors (Lipinski definition) is 5. The van der Waals surface area contributed by atoms with Crippen LogP contribution in [0.15, 0.2) is 49.6 Å². The SMILES string of the molecule is C=CC(=O)OCCCOc1ccc(C2CCC(CCCOC(=O)C=C)CC2)cc1. The summed E-state index contributed by atoms with van der Waals surface area (Å²) in [5, 5.41) is 0. The number of rotatable bonds is 12. The molecule has 0 atom stereocenters. The zero-order chi connectivity index (χ0) is 20.9. The molecule has 0 heterocycles. The van der Waals surface area contributed by atoms with Gasteiger partial charge in [0.25, 0.3) is 0 Å². The van der Waals surface area contributed by atoms with Crippen molar-refractivity contribution in [2.45, 2.75) is 50.9 Å². The summed E-state index contributed by atoms with van der Waals surface area (Å²) in [6.07, 6.45) is 9.91. The summed E-state index contributed by atoms with van der Waals surface area (Å²) >= 11 is 0. The van der Waals surface area contributed by atoms with E-state index < -0.39 is 5.97 Å². The molecular weight excluding hydrogens is 368 g/mol. The number of esters is 2. The average molecular weight is 401 g/mol. The van der Waals surface area contributed by atoms with Gasteiger partial charge in [0.1, 0.15) is 5.75 Å². The summed E-state index contributed by atoms with van der Waals surface area (Å²) in [6, 6.07) is 8.36. The van der Waals surface area contributed by atoms with Crippen LogP contribution in [0.4, 0.5) is 0 Å². The average Bonchev–Trinajstić information content (AvgIpc) is 2.77. The Morgan fingerprint density at radius 3 is 2.03 bits per heavy atom. The summed E-state index contributed by atoms with van der Waals surface area (Å²) in [6.45, 7) is 8.10. The van der Waals surface area contributed by atoms with Crippen molar-refractivity contribution in [3.05, 3.63) is 55.1 Å². The van der Waals surface area contributed by atoms with Gasteiger partial charge in [0.15, 0.2) is 0 Å². The van der Waals surface area contributed by atoms with E-state index in [9.17, 15) is 9.59 Å². The molecule has 1 aromatic rings. The number of carbonyl (C=O) groups is 2. The van der Waals surface area contributed by atoms with Gasteiger partial charge in [-0.3, -0.25) is 0 Å². The quantitative estimate of drug-likeness (QED) is 0.282. The molecule has 158 valence electrons. The maximum absolute atomic E-state index is 11.0. The lowest BCUT2D eigenvalue weighted by Gasteiger charge is -2.29. The van der Waals surface area contributed by atoms with Gasteiger partial charge in [-0.05, 0) is 68.1 Å². The van der Waals surface area contributed by atoms with Crippen molar-refractivity contribution in [1.29, 1.82) is 0 Å². The second kappa shape index (κ2) is 12.8. The number of carbonyl (C=O) groups excluding carboxylic acids is 2. The van der Waals surface area contributed by atoms with Gasteiger partial charge in [0, 0.05) is 18.6 Å². The van der Waals surface area contributed by atoms with E-state index in [2.05, 4.69) is 25.3 Å². The van der Waals surface area contributed by atoms with Crippen molar-refractivity contribution in [3.63, 3.8) is 0 Å². The van der Waals surface area contributed by atoms with Crippen LogP contribution in [-0.2, 0) is 19.1 Å². The molecule has 1 fully saturated rings. The largest absolute Gasteiger partial charge is 0.493 e. The lowest BCUT2D eigenvalue weighted by atomic mass is 9.77. The highest BCUT2D eigenvalue weighted by Gasteiger charge is 2.22. The molecule has 1 aromatic carbocycles. The monoisotopic (exact) mass is 400 g/mol. The fraction of sp³-hybridized carbons (Fsp3) is 0.500. The lowest BCUT2D eigenvalue weighted by Crippen LogP contribution is -2.14. The van der Waals surface area contributed by atoms with Gasteiger partial charge in [0.05, 0.1) is 19.8 Å². The van der Waals surface area contributed by atoms with Gasteiger partial charge in [-0.15, -0.1) is 0 Å².